The lowest BCUT2D eigenvalue weighted by molar-refractivity contribution is -0.130. The van der Waals surface area contributed by atoms with Crippen molar-refractivity contribution in [3.63, 3.8) is 0 Å². The van der Waals surface area contributed by atoms with Crippen LogP contribution in [0.15, 0.2) is 48.5 Å². The summed E-state index contributed by atoms with van der Waals surface area (Å²) in [4.78, 5) is 21.3. The molecule has 0 unspecified atom stereocenters. The summed E-state index contributed by atoms with van der Waals surface area (Å²) in [6, 6.07) is 14.5. The molecule has 1 fully saturated rings. The van der Waals surface area contributed by atoms with Gasteiger partial charge < -0.3 is 9.80 Å². The zero-order chi connectivity index (χ0) is 20.2. The van der Waals surface area contributed by atoms with Crippen molar-refractivity contribution in [2.45, 2.75) is 19.8 Å². The monoisotopic (exact) mass is 410 g/mol. The van der Waals surface area contributed by atoms with E-state index >= 15 is 0 Å². The smallest absolute Gasteiger partial charge is 0.227 e. The van der Waals surface area contributed by atoms with Gasteiger partial charge in [0.25, 0.3) is 0 Å². The first kappa shape index (κ1) is 19.5. The van der Waals surface area contributed by atoms with Gasteiger partial charge in [-0.15, -0.1) is 0 Å². The molecule has 0 spiro atoms. The Kier molecular flexibility index (Phi) is 5.85. The van der Waals surface area contributed by atoms with Crippen LogP contribution in [-0.2, 0) is 17.6 Å². The molecule has 2 aromatic carbocycles. The molecule has 29 heavy (non-hydrogen) atoms. The van der Waals surface area contributed by atoms with Gasteiger partial charge in [-0.2, -0.15) is 4.37 Å². The SMILES string of the molecule is Cc1ccc(Cc2nsc(N3CCN(C(=O)Cc4ccc(F)cc4)CC3)n2)cc1. The summed E-state index contributed by atoms with van der Waals surface area (Å²) < 4.78 is 17.5. The fourth-order valence-electron chi connectivity index (χ4n) is 3.37. The van der Waals surface area contributed by atoms with Gasteiger partial charge in [0.2, 0.25) is 11.0 Å². The Morgan fingerprint density at radius 3 is 2.34 bits per heavy atom. The number of piperazine rings is 1. The van der Waals surface area contributed by atoms with Crippen molar-refractivity contribution in [2.24, 2.45) is 0 Å². The van der Waals surface area contributed by atoms with Gasteiger partial charge in [0, 0.05) is 44.1 Å². The minimum atomic E-state index is -0.284. The molecule has 0 aliphatic carbocycles. The Labute approximate surface area is 174 Å². The summed E-state index contributed by atoms with van der Waals surface area (Å²) in [7, 11) is 0. The highest BCUT2D eigenvalue weighted by molar-refractivity contribution is 7.09. The van der Waals surface area contributed by atoms with Crippen molar-refractivity contribution in [1.29, 1.82) is 0 Å². The highest BCUT2D eigenvalue weighted by Gasteiger charge is 2.23. The van der Waals surface area contributed by atoms with Crippen LogP contribution < -0.4 is 4.90 Å². The third-order valence-electron chi connectivity index (χ3n) is 5.11. The highest BCUT2D eigenvalue weighted by atomic mass is 32.1. The van der Waals surface area contributed by atoms with Crippen LogP contribution in [0.25, 0.3) is 0 Å². The van der Waals surface area contributed by atoms with Gasteiger partial charge in [-0.25, -0.2) is 9.37 Å². The molecular formula is C22H23FN4OS. The van der Waals surface area contributed by atoms with Crippen LogP contribution in [0.1, 0.15) is 22.5 Å². The number of carbonyl (C=O) groups is 1. The van der Waals surface area contributed by atoms with E-state index in [4.69, 9.17) is 4.98 Å². The molecular weight excluding hydrogens is 387 g/mol. The van der Waals surface area contributed by atoms with Gasteiger partial charge in [-0.05, 0) is 30.2 Å². The van der Waals surface area contributed by atoms with Crippen LogP contribution in [0.2, 0.25) is 0 Å². The second-order valence-corrected chi connectivity index (χ2v) is 8.06. The fourth-order valence-corrected chi connectivity index (χ4v) is 4.11. The van der Waals surface area contributed by atoms with Crippen molar-refractivity contribution in [2.75, 3.05) is 31.1 Å². The second kappa shape index (κ2) is 8.69. The number of aryl methyl sites for hydroxylation is 1. The number of hydrogen-bond acceptors (Lipinski definition) is 5. The number of benzene rings is 2. The predicted octanol–water partition coefficient (Wildman–Crippen LogP) is 3.47. The van der Waals surface area contributed by atoms with Gasteiger partial charge in [-0.1, -0.05) is 42.0 Å². The Hall–Kier alpha value is -2.80. The molecule has 1 aliphatic rings. The van der Waals surface area contributed by atoms with Gasteiger partial charge in [0.15, 0.2) is 0 Å². The van der Waals surface area contributed by atoms with Gasteiger partial charge >= 0.3 is 0 Å². The first-order valence-corrected chi connectivity index (χ1v) is 10.5. The number of amides is 1. The second-order valence-electron chi connectivity index (χ2n) is 7.33. The molecule has 2 heterocycles. The van der Waals surface area contributed by atoms with E-state index in [1.807, 2.05) is 4.90 Å². The Balaban J connectivity index is 1.30. The number of aromatic nitrogens is 2. The number of anilines is 1. The van der Waals surface area contributed by atoms with Crippen LogP contribution in [-0.4, -0.2) is 46.3 Å². The molecule has 7 heteroatoms. The van der Waals surface area contributed by atoms with E-state index in [9.17, 15) is 9.18 Å². The number of rotatable bonds is 5. The predicted molar refractivity (Wildman–Crippen MR) is 113 cm³/mol. The zero-order valence-electron chi connectivity index (χ0n) is 16.3. The van der Waals surface area contributed by atoms with Crippen molar-refractivity contribution < 1.29 is 9.18 Å². The summed E-state index contributed by atoms with van der Waals surface area (Å²) in [5.41, 5.74) is 3.28. The lowest BCUT2D eigenvalue weighted by Gasteiger charge is -2.34. The largest absolute Gasteiger partial charge is 0.343 e. The maximum absolute atomic E-state index is 13.0. The van der Waals surface area contributed by atoms with Crippen molar-refractivity contribution in [3.8, 4) is 0 Å². The molecule has 0 bridgehead atoms. The molecule has 5 nitrogen and oxygen atoms in total. The normalized spacial score (nSPS) is 14.3. The Bertz CT molecular complexity index is 963. The zero-order valence-corrected chi connectivity index (χ0v) is 17.2. The van der Waals surface area contributed by atoms with E-state index in [2.05, 4.69) is 40.5 Å². The van der Waals surface area contributed by atoms with Crippen LogP contribution in [0.3, 0.4) is 0 Å². The minimum Gasteiger partial charge on any atom is -0.343 e. The maximum Gasteiger partial charge on any atom is 0.227 e. The van der Waals surface area contributed by atoms with Crippen LogP contribution >= 0.6 is 11.5 Å². The van der Waals surface area contributed by atoms with Crippen LogP contribution in [0, 0.1) is 12.7 Å². The molecule has 0 radical (unpaired) electrons. The average molecular weight is 411 g/mol. The summed E-state index contributed by atoms with van der Waals surface area (Å²) >= 11 is 1.42. The molecule has 150 valence electrons. The first-order valence-electron chi connectivity index (χ1n) is 9.72. The average Bonchev–Trinajstić information content (AvgIpc) is 3.20. The van der Waals surface area contributed by atoms with Gasteiger partial charge in [-0.3, -0.25) is 4.79 Å². The first-order chi connectivity index (χ1) is 14.1. The molecule has 4 rings (SSSR count). The summed E-state index contributed by atoms with van der Waals surface area (Å²) in [6.07, 6.45) is 1.03. The van der Waals surface area contributed by atoms with E-state index in [1.165, 1.54) is 34.8 Å². The molecule has 0 saturated carbocycles. The summed E-state index contributed by atoms with van der Waals surface area (Å²) in [5.74, 6) is 0.630. The van der Waals surface area contributed by atoms with E-state index in [0.29, 0.717) is 19.5 Å². The molecule has 1 amide bonds. The molecule has 3 aromatic rings. The number of nitrogens with zero attached hydrogens (tertiary/aromatic N) is 4. The third-order valence-corrected chi connectivity index (χ3v) is 5.93. The van der Waals surface area contributed by atoms with E-state index in [-0.39, 0.29) is 11.7 Å². The van der Waals surface area contributed by atoms with Crippen LogP contribution in [0.5, 0.6) is 0 Å². The fraction of sp³-hybridized carbons (Fsp3) is 0.318. The van der Waals surface area contributed by atoms with E-state index in [1.54, 1.807) is 12.1 Å². The quantitative estimate of drug-likeness (QED) is 0.646. The van der Waals surface area contributed by atoms with Gasteiger partial charge in [0.05, 0.1) is 6.42 Å². The van der Waals surface area contributed by atoms with Crippen molar-refractivity contribution in [3.05, 3.63) is 76.9 Å². The molecule has 1 aliphatic heterocycles. The Morgan fingerprint density at radius 1 is 1.00 bits per heavy atom. The van der Waals surface area contributed by atoms with Crippen molar-refractivity contribution >= 4 is 22.6 Å². The van der Waals surface area contributed by atoms with Crippen molar-refractivity contribution in [1.82, 2.24) is 14.3 Å². The lowest BCUT2D eigenvalue weighted by Crippen LogP contribution is -2.49. The Morgan fingerprint density at radius 2 is 1.66 bits per heavy atom. The summed E-state index contributed by atoms with van der Waals surface area (Å²) in [5, 5.41) is 0.915. The molecule has 1 aromatic heterocycles. The number of hydrogen-bond donors (Lipinski definition) is 0. The summed E-state index contributed by atoms with van der Waals surface area (Å²) in [6.45, 7) is 4.88. The maximum atomic E-state index is 13.0. The third kappa shape index (κ3) is 4.98. The number of carbonyl (C=O) groups excluding carboxylic acids is 1. The van der Waals surface area contributed by atoms with E-state index in [0.717, 1.165) is 36.0 Å². The standard InChI is InChI=1S/C22H23FN4OS/c1-16-2-4-17(5-3-16)14-20-24-22(29-25-20)27-12-10-26(11-13-27)21(28)15-18-6-8-19(23)9-7-18/h2-9H,10-15H2,1H3. The molecule has 0 N–H and O–H groups in total. The van der Waals surface area contributed by atoms with E-state index < -0.39 is 0 Å². The lowest BCUT2D eigenvalue weighted by atomic mass is 10.1. The highest BCUT2D eigenvalue weighted by Crippen LogP contribution is 2.21. The van der Waals surface area contributed by atoms with Gasteiger partial charge in [0.1, 0.15) is 11.6 Å². The number of halogens is 1. The molecule has 0 atom stereocenters. The topological polar surface area (TPSA) is 49.3 Å². The van der Waals surface area contributed by atoms with Crippen LogP contribution in [0.4, 0.5) is 9.52 Å². The molecule has 1 saturated heterocycles. The minimum absolute atomic E-state index is 0.0774.